The number of pyridine rings is 1. The lowest BCUT2D eigenvalue weighted by Gasteiger charge is -2.40. The largest absolute Gasteiger partial charge is 0.378 e. The standard InChI is InChI=1S/C19H16ClFN6O2/c1-29-12-7-26(8-12)19-17(21)16(20)15(13-6-23-24-18(13)19)10-2-3-27-11(4-10)5-14(25-27)22-9-28/h2-6,9,12H,7-8H2,1H3,(H,23,24)(H,22,25,28). The van der Waals surface area contributed by atoms with Gasteiger partial charge in [0.05, 0.1) is 28.4 Å². The average Bonchev–Trinajstić information content (AvgIpc) is 3.30. The maximum atomic E-state index is 15.3. The summed E-state index contributed by atoms with van der Waals surface area (Å²) in [4.78, 5) is 12.5. The number of ether oxygens (including phenoxy) is 1. The van der Waals surface area contributed by atoms with Crippen molar-refractivity contribution in [2.45, 2.75) is 6.10 Å². The number of hydrogen-bond donors (Lipinski definition) is 2. The Morgan fingerprint density at radius 3 is 3.00 bits per heavy atom. The van der Waals surface area contributed by atoms with Crippen LogP contribution in [0.3, 0.4) is 0 Å². The zero-order valence-electron chi connectivity index (χ0n) is 15.3. The molecule has 0 unspecified atom stereocenters. The third kappa shape index (κ3) is 2.73. The molecule has 5 rings (SSSR count). The molecule has 0 atom stereocenters. The Bertz CT molecular complexity index is 1250. The molecule has 1 fully saturated rings. The Labute approximate surface area is 169 Å². The molecule has 4 aromatic rings. The first-order valence-electron chi connectivity index (χ1n) is 8.92. The number of fused-ring (bicyclic) bond motifs is 2. The van der Waals surface area contributed by atoms with Crippen LogP contribution >= 0.6 is 11.6 Å². The number of carbonyl (C=O) groups is 1. The minimum absolute atomic E-state index is 0.0323. The fourth-order valence-electron chi connectivity index (χ4n) is 3.73. The second-order valence-electron chi connectivity index (χ2n) is 6.85. The van der Waals surface area contributed by atoms with Gasteiger partial charge in [0.2, 0.25) is 6.41 Å². The highest BCUT2D eigenvalue weighted by molar-refractivity contribution is 6.36. The van der Waals surface area contributed by atoms with Crippen molar-refractivity contribution in [2.75, 3.05) is 30.4 Å². The lowest BCUT2D eigenvalue weighted by molar-refractivity contribution is -0.105. The van der Waals surface area contributed by atoms with Gasteiger partial charge in [-0.25, -0.2) is 8.91 Å². The summed E-state index contributed by atoms with van der Waals surface area (Å²) in [7, 11) is 1.64. The van der Waals surface area contributed by atoms with Crippen LogP contribution in [-0.2, 0) is 9.53 Å². The molecule has 1 saturated heterocycles. The maximum absolute atomic E-state index is 15.3. The average molecular weight is 415 g/mol. The minimum atomic E-state index is -0.496. The number of hydrogen-bond acceptors (Lipinski definition) is 5. The van der Waals surface area contributed by atoms with Crippen LogP contribution in [0.1, 0.15) is 0 Å². The summed E-state index contributed by atoms with van der Waals surface area (Å²) in [5, 5.41) is 14.5. The van der Waals surface area contributed by atoms with E-state index in [1.54, 1.807) is 36.2 Å². The van der Waals surface area contributed by atoms with Crippen molar-refractivity contribution in [3.8, 4) is 11.1 Å². The van der Waals surface area contributed by atoms with Crippen molar-refractivity contribution in [2.24, 2.45) is 0 Å². The van der Waals surface area contributed by atoms with E-state index in [1.807, 2.05) is 11.0 Å². The summed E-state index contributed by atoms with van der Waals surface area (Å²) < 4.78 is 22.3. The second-order valence-corrected chi connectivity index (χ2v) is 7.23. The molecular formula is C19H16ClFN6O2. The third-order valence-electron chi connectivity index (χ3n) is 5.22. The van der Waals surface area contributed by atoms with E-state index in [2.05, 4.69) is 20.6 Å². The molecule has 4 heterocycles. The van der Waals surface area contributed by atoms with Gasteiger partial charge in [-0.05, 0) is 17.7 Å². The number of aromatic nitrogens is 4. The van der Waals surface area contributed by atoms with Crippen molar-refractivity contribution in [1.82, 2.24) is 19.8 Å². The fraction of sp³-hybridized carbons (Fsp3) is 0.211. The number of nitrogens with zero attached hydrogens (tertiary/aromatic N) is 4. The van der Waals surface area contributed by atoms with Crippen molar-refractivity contribution in [1.29, 1.82) is 0 Å². The summed E-state index contributed by atoms with van der Waals surface area (Å²) in [5.74, 6) is -0.0756. The summed E-state index contributed by atoms with van der Waals surface area (Å²) in [5.41, 5.74) is 3.00. The van der Waals surface area contributed by atoms with Crippen LogP contribution in [0.2, 0.25) is 5.02 Å². The molecule has 3 aromatic heterocycles. The highest BCUT2D eigenvalue weighted by atomic mass is 35.5. The number of anilines is 2. The first-order valence-corrected chi connectivity index (χ1v) is 9.30. The zero-order chi connectivity index (χ0) is 20.1. The molecule has 0 spiro atoms. The molecule has 8 nitrogen and oxygen atoms in total. The fourth-order valence-corrected chi connectivity index (χ4v) is 4.03. The number of benzene rings is 1. The van der Waals surface area contributed by atoms with E-state index in [0.29, 0.717) is 42.1 Å². The quantitative estimate of drug-likeness (QED) is 0.490. The van der Waals surface area contributed by atoms with Crippen LogP contribution < -0.4 is 10.2 Å². The van der Waals surface area contributed by atoms with Crippen LogP contribution in [-0.4, -0.2) is 52.5 Å². The van der Waals surface area contributed by atoms with Gasteiger partial charge in [-0.3, -0.25) is 9.89 Å². The first-order chi connectivity index (χ1) is 14.1. The Morgan fingerprint density at radius 1 is 1.41 bits per heavy atom. The van der Waals surface area contributed by atoms with E-state index in [-0.39, 0.29) is 11.1 Å². The van der Waals surface area contributed by atoms with Gasteiger partial charge in [0.15, 0.2) is 11.6 Å². The Balaban J connectivity index is 1.66. The molecule has 0 bridgehead atoms. The molecule has 148 valence electrons. The van der Waals surface area contributed by atoms with Crippen molar-refractivity contribution < 1.29 is 13.9 Å². The number of amides is 1. The van der Waals surface area contributed by atoms with E-state index in [1.165, 1.54) is 0 Å². The summed E-state index contributed by atoms with van der Waals surface area (Å²) in [6.45, 7) is 1.18. The molecule has 0 saturated carbocycles. The monoisotopic (exact) mass is 414 g/mol. The highest BCUT2D eigenvalue weighted by Gasteiger charge is 2.33. The molecule has 1 aliphatic rings. The van der Waals surface area contributed by atoms with E-state index in [0.717, 1.165) is 16.5 Å². The molecule has 10 heteroatoms. The van der Waals surface area contributed by atoms with Crippen molar-refractivity contribution in [3.05, 3.63) is 41.4 Å². The summed E-state index contributed by atoms with van der Waals surface area (Å²) >= 11 is 6.51. The predicted octanol–water partition coefficient (Wildman–Crippen LogP) is 3.07. The zero-order valence-corrected chi connectivity index (χ0v) is 16.1. The highest BCUT2D eigenvalue weighted by Crippen LogP contribution is 2.44. The van der Waals surface area contributed by atoms with Gasteiger partial charge in [-0.15, -0.1) is 0 Å². The van der Waals surface area contributed by atoms with E-state index in [4.69, 9.17) is 16.3 Å². The smallest absolute Gasteiger partial charge is 0.212 e. The number of halogens is 2. The van der Waals surface area contributed by atoms with Crippen LogP contribution in [0.25, 0.3) is 27.5 Å². The molecule has 0 aliphatic carbocycles. The number of rotatable bonds is 5. The Hall–Kier alpha value is -3.17. The molecule has 29 heavy (non-hydrogen) atoms. The molecule has 2 N–H and O–H groups in total. The molecule has 1 aromatic carbocycles. The predicted molar refractivity (Wildman–Crippen MR) is 108 cm³/mol. The second kappa shape index (κ2) is 6.71. The molecular weight excluding hydrogens is 399 g/mol. The van der Waals surface area contributed by atoms with Crippen LogP contribution in [0, 0.1) is 5.82 Å². The van der Waals surface area contributed by atoms with Crippen LogP contribution in [0.4, 0.5) is 15.9 Å². The third-order valence-corrected chi connectivity index (χ3v) is 5.58. The van der Waals surface area contributed by atoms with Crippen LogP contribution in [0.15, 0.2) is 30.6 Å². The van der Waals surface area contributed by atoms with Gasteiger partial charge < -0.3 is 15.0 Å². The van der Waals surface area contributed by atoms with E-state index >= 15 is 4.39 Å². The first kappa shape index (κ1) is 17.9. The lowest BCUT2D eigenvalue weighted by Crippen LogP contribution is -2.52. The lowest BCUT2D eigenvalue weighted by atomic mass is 9.99. The maximum Gasteiger partial charge on any atom is 0.212 e. The number of methoxy groups -OCH3 is 1. The van der Waals surface area contributed by atoms with Gasteiger partial charge in [0, 0.05) is 43.4 Å². The van der Waals surface area contributed by atoms with Crippen LogP contribution in [0.5, 0.6) is 0 Å². The number of carbonyl (C=O) groups excluding carboxylic acids is 1. The molecule has 1 aliphatic heterocycles. The molecule has 1 amide bonds. The van der Waals surface area contributed by atoms with Gasteiger partial charge in [-0.2, -0.15) is 10.2 Å². The van der Waals surface area contributed by atoms with Crippen molar-refractivity contribution >= 4 is 45.9 Å². The normalized spacial score (nSPS) is 14.5. The molecule has 0 radical (unpaired) electrons. The Kier molecular flexibility index (Phi) is 4.14. The topological polar surface area (TPSA) is 87.6 Å². The van der Waals surface area contributed by atoms with Gasteiger partial charge >= 0.3 is 0 Å². The van der Waals surface area contributed by atoms with Gasteiger partial charge in [-0.1, -0.05) is 11.6 Å². The van der Waals surface area contributed by atoms with E-state index in [9.17, 15) is 4.79 Å². The van der Waals surface area contributed by atoms with E-state index < -0.39 is 5.82 Å². The summed E-state index contributed by atoms with van der Waals surface area (Å²) in [6.07, 6.45) is 4.01. The number of aromatic amines is 1. The van der Waals surface area contributed by atoms with Gasteiger partial charge in [0.25, 0.3) is 0 Å². The SMILES string of the molecule is COC1CN(c2c(F)c(Cl)c(-c3ccn4nc(NC=O)cc4c3)c3cn[nH]c23)C1. The Morgan fingerprint density at radius 2 is 2.24 bits per heavy atom. The van der Waals surface area contributed by atoms with Crippen molar-refractivity contribution in [3.63, 3.8) is 0 Å². The number of nitrogens with one attached hydrogen (secondary N) is 2. The minimum Gasteiger partial charge on any atom is -0.378 e. The van der Waals surface area contributed by atoms with Gasteiger partial charge in [0.1, 0.15) is 5.69 Å². The number of H-pyrrole nitrogens is 1. The summed E-state index contributed by atoms with van der Waals surface area (Å²) in [6, 6.07) is 5.34.